The largest absolute Gasteiger partial charge is 0.455 e. The molecule has 49 heavy (non-hydrogen) atoms. The molecule has 0 radical (unpaired) electrons. The monoisotopic (exact) mass is 629 g/mol. The number of hydrogen-bond acceptors (Lipinski definition) is 2. The third-order valence-electron chi connectivity index (χ3n) is 9.82. The van der Waals surface area contributed by atoms with Gasteiger partial charge in [-0.25, -0.2) is 0 Å². The van der Waals surface area contributed by atoms with Gasteiger partial charge in [-0.05, 0) is 89.7 Å². The normalized spacial score (nSPS) is 11.7. The van der Waals surface area contributed by atoms with Gasteiger partial charge in [-0.1, -0.05) is 138 Å². The summed E-state index contributed by atoms with van der Waals surface area (Å²) in [5.74, 6) is 0. The molecule has 0 bridgehead atoms. The molecular formula is C47H35NO. The van der Waals surface area contributed by atoms with Gasteiger partial charge in [-0.2, -0.15) is 0 Å². The molecule has 7 aromatic carbocycles. The molecule has 0 amide bonds. The fourth-order valence-corrected chi connectivity index (χ4v) is 7.90. The van der Waals surface area contributed by atoms with Crippen molar-refractivity contribution in [3.05, 3.63) is 162 Å². The second-order valence-corrected chi connectivity index (χ2v) is 13.5. The van der Waals surface area contributed by atoms with Crippen LogP contribution in [-0.4, -0.2) is 4.98 Å². The van der Waals surface area contributed by atoms with E-state index in [2.05, 4.69) is 149 Å². The van der Waals surface area contributed by atoms with E-state index in [0.29, 0.717) is 0 Å². The number of nitrogens with zero attached hydrogens (tertiary/aromatic N) is 1. The van der Waals surface area contributed by atoms with E-state index >= 15 is 0 Å². The number of benzene rings is 7. The lowest BCUT2D eigenvalue weighted by atomic mass is 9.84. The van der Waals surface area contributed by atoms with E-state index in [1.807, 2.05) is 18.3 Å². The molecule has 0 aliphatic rings. The summed E-state index contributed by atoms with van der Waals surface area (Å²) in [5.41, 5.74) is 16.0. The number of aromatic nitrogens is 1. The van der Waals surface area contributed by atoms with E-state index in [4.69, 9.17) is 9.40 Å². The highest BCUT2D eigenvalue weighted by Crippen LogP contribution is 2.45. The van der Waals surface area contributed by atoms with Crippen LogP contribution in [0.1, 0.15) is 22.3 Å². The fourth-order valence-electron chi connectivity index (χ4n) is 7.90. The van der Waals surface area contributed by atoms with Crippen molar-refractivity contribution in [2.45, 2.75) is 27.7 Å². The van der Waals surface area contributed by atoms with Gasteiger partial charge < -0.3 is 4.42 Å². The molecule has 0 saturated heterocycles. The maximum Gasteiger partial charge on any atom is 0.143 e. The molecule has 0 atom stereocenters. The molecule has 0 fully saturated rings. The molecule has 9 aromatic rings. The molecule has 2 nitrogen and oxygen atoms in total. The zero-order valence-corrected chi connectivity index (χ0v) is 28.1. The molecule has 0 N–H and O–H groups in total. The van der Waals surface area contributed by atoms with Gasteiger partial charge in [0.05, 0.1) is 5.69 Å². The van der Waals surface area contributed by atoms with Crippen LogP contribution in [0, 0.1) is 27.7 Å². The molecule has 9 rings (SSSR count). The average molecular weight is 630 g/mol. The highest BCUT2D eigenvalue weighted by Gasteiger charge is 2.19. The second-order valence-electron chi connectivity index (χ2n) is 13.5. The highest BCUT2D eigenvalue weighted by atomic mass is 16.3. The summed E-state index contributed by atoms with van der Waals surface area (Å²) in [6.45, 7) is 8.75. The number of para-hydroxylation sites is 2. The first-order valence-electron chi connectivity index (χ1n) is 16.9. The van der Waals surface area contributed by atoms with Crippen molar-refractivity contribution in [1.82, 2.24) is 4.98 Å². The summed E-state index contributed by atoms with van der Waals surface area (Å²) in [6, 6.07) is 48.4. The zero-order chi connectivity index (χ0) is 33.2. The van der Waals surface area contributed by atoms with Gasteiger partial charge in [0.25, 0.3) is 0 Å². The first kappa shape index (κ1) is 29.2. The Morgan fingerprint density at radius 2 is 0.959 bits per heavy atom. The minimum atomic E-state index is 0.896. The van der Waals surface area contributed by atoms with Crippen LogP contribution in [0.4, 0.5) is 0 Å². The van der Waals surface area contributed by atoms with Crippen molar-refractivity contribution in [2.24, 2.45) is 0 Å². The lowest BCUT2D eigenvalue weighted by molar-refractivity contribution is 0.670. The van der Waals surface area contributed by atoms with Crippen molar-refractivity contribution in [3.8, 4) is 44.6 Å². The first-order chi connectivity index (χ1) is 23.9. The topological polar surface area (TPSA) is 26.0 Å². The van der Waals surface area contributed by atoms with Crippen molar-refractivity contribution < 1.29 is 4.42 Å². The van der Waals surface area contributed by atoms with Gasteiger partial charge in [0.2, 0.25) is 0 Å². The molecule has 0 aliphatic carbocycles. The van der Waals surface area contributed by atoms with E-state index in [1.165, 1.54) is 66.1 Å². The molecule has 2 heterocycles. The van der Waals surface area contributed by atoms with Crippen molar-refractivity contribution >= 4 is 43.5 Å². The van der Waals surface area contributed by atoms with Gasteiger partial charge >= 0.3 is 0 Å². The smallest absolute Gasteiger partial charge is 0.143 e. The summed E-state index contributed by atoms with van der Waals surface area (Å²) in [6.07, 6.45) is 1.98. The van der Waals surface area contributed by atoms with Crippen LogP contribution < -0.4 is 0 Å². The number of rotatable bonds is 4. The van der Waals surface area contributed by atoms with Gasteiger partial charge in [0, 0.05) is 33.7 Å². The standard InChI is InChI=1S/C47H35NO/c1-28-20-29(2)23-34(22-28)45-38-11-5-6-12-39(38)46(35-24-30(3)21-31(4)25-35)42-26-32(16-18-40(42)45)43-19-17-33(27-48-43)36-13-9-14-41-37-10-7-8-15-44(37)49-47(36)41/h5-27H,1-4H3. The average Bonchev–Trinajstić information content (AvgIpc) is 3.48. The lowest BCUT2D eigenvalue weighted by Crippen LogP contribution is -1.94. The SMILES string of the molecule is Cc1cc(C)cc(-c2c3ccccc3c(-c3cc(C)cc(C)c3)c3cc(-c4ccc(-c5cccc6c5oc5ccccc56)cn4)ccc23)c1. The number of hydrogen-bond donors (Lipinski definition) is 0. The first-order valence-corrected chi connectivity index (χ1v) is 16.9. The molecule has 0 saturated carbocycles. The minimum Gasteiger partial charge on any atom is -0.455 e. The Labute approximate surface area is 286 Å². The van der Waals surface area contributed by atoms with Crippen LogP contribution in [0.15, 0.2) is 144 Å². The van der Waals surface area contributed by atoms with Crippen molar-refractivity contribution in [2.75, 3.05) is 0 Å². The summed E-state index contributed by atoms with van der Waals surface area (Å²) in [7, 11) is 0. The highest BCUT2D eigenvalue weighted by molar-refractivity contribution is 6.22. The quantitative estimate of drug-likeness (QED) is 0.181. The van der Waals surface area contributed by atoms with E-state index < -0.39 is 0 Å². The molecule has 0 aliphatic heterocycles. The molecular weight excluding hydrogens is 595 g/mol. The van der Waals surface area contributed by atoms with E-state index in [-0.39, 0.29) is 0 Å². The Morgan fingerprint density at radius 1 is 0.408 bits per heavy atom. The van der Waals surface area contributed by atoms with Crippen LogP contribution in [0.3, 0.4) is 0 Å². The lowest BCUT2D eigenvalue weighted by Gasteiger charge is -2.19. The Kier molecular flexibility index (Phi) is 6.74. The number of pyridine rings is 1. The Bertz CT molecular complexity index is 2710. The van der Waals surface area contributed by atoms with E-state index in [1.54, 1.807) is 0 Å². The maximum atomic E-state index is 6.34. The van der Waals surface area contributed by atoms with Crippen LogP contribution in [0.5, 0.6) is 0 Å². The van der Waals surface area contributed by atoms with Gasteiger partial charge in [0.1, 0.15) is 11.2 Å². The molecule has 2 aromatic heterocycles. The summed E-state index contributed by atoms with van der Waals surface area (Å²) < 4.78 is 6.34. The third-order valence-corrected chi connectivity index (χ3v) is 9.82. The van der Waals surface area contributed by atoms with Crippen molar-refractivity contribution in [3.63, 3.8) is 0 Å². The van der Waals surface area contributed by atoms with Gasteiger partial charge in [-0.3, -0.25) is 4.98 Å². The molecule has 0 unspecified atom stereocenters. The van der Waals surface area contributed by atoms with E-state index in [0.717, 1.165) is 44.3 Å². The predicted molar refractivity (Wildman–Crippen MR) is 207 cm³/mol. The van der Waals surface area contributed by atoms with Gasteiger partial charge in [-0.15, -0.1) is 0 Å². The van der Waals surface area contributed by atoms with Crippen LogP contribution >= 0.6 is 0 Å². The molecule has 234 valence electrons. The molecule has 0 spiro atoms. The maximum absolute atomic E-state index is 6.34. The molecule has 2 heteroatoms. The van der Waals surface area contributed by atoms with Crippen LogP contribution in [0.25, 0.3) is 88.1 Å². The number of aryl methyl sites for hydroxylation is 4. The van der Waals surface area contributed by atoms with Crippen molar-refractivity contribution in [1.29, 1.82) is 0 Å². The van der Waals surface area contributed by atoms with Crippen LogP contribution in [0.2, 0.25) is 0 Å². The van der Waals surface area contributed by atoms with E-state index in [9.17, 15) is 0 Å². The fraction of sp³-hybridized carbons (Fsp3) is 0.0851. The summed E-state index contributed by atoms with van der Waals surface area (Å²) in [4.78, 5) is 5.05. The zero-order valence-electron chi connectivity index (χ0n) is 28.1. The second kappa shape index (κ2) is 11.3. The third kappa shape index (κ3) is 4.91. The van der Waals surface area contributed by atoms with Gasteiger partial charge in [0.15, 0.2) is 0 Å². The van der Waals surface area contributed by atoms with Crippen LogP contribution in [-0.2, 0) is 0 Å². The Morgan fingerprint density at radius 3 is 1.59 bits per heavy atom. The minimum absolute atomic E-state index is 0.896. The Balaban J connectivity index is 1.26. The predicted octanol–water partition coefficient (Wildman–Crippen LogP) is 13.2. The Hall–Kier alpha value is -5.99. The number of fused-ring (bicyclic) bond motifs is 5. The number of furan rings is 1. The summed E-state index contributed by atoms with van der Waals surface area (Å²) >= 11 is 0. The summed E-state index contributed by atoms with van der Waals surface area (Å²) in [5, 5.41) is 7.26.